The van der Waals surface area contributed by atoms with Gasteiger partial charge < -0.3 is 4.74 Å². The quantitative estimate of drug-likeness (QED) is 0.444. The van der Waals surface area contributed by atoms with E-state index in [9.17, 15) is 9.59 Å². The molecule has 2 amide bonds. The van der Waals surface area contributed by atoms with Gasteiger partial charge in [-0.05, 0) is 18.4 Å². The summed E-state index contributed by atoms with van der Waals surface area (Å²) in [6, 6.07) is 6.63. The van der Waals surface area contributed by atoms with E-state index in [0.717, 1.165) is 10.8 Å². The van der Waals surface area contributed by atoms with Crippen LogP contribution in [0.3, 0.4) is 0 Å². The first-order valence-corrected chi connectivity index (χ1v) is 6.82. The van der Waals surface area contributed by atoms with Gasteiger partial charge in [0.1, 0.15) is 0 Å². The monoisotopic (exact) mass is 267 g/mol. The van der Waals surface area contributed by atoms with Gasteiger partial charge in [0.2, 0.25) is 0 Å². The Balaban J connectivity index is 1.93. The molecule has 0 aliphatic carbocycles. The highest BCUT2D eigenvalue weighted by molar-refractivity contribution is 7.98. The molecule has 1 aromatic carbocycles. The minimum atomic E-state index is -0.441. The molecule has 0 aromatic heterocycles. The molecule has 96 valence electrons. The zero-order chi connectivity index (χ0) is 13.0. The minimum Gasteiger partial charge on any atom is -0.352 e. The minimum absolute atomic E-state index is 0.105. The molecule has 0 unspecified atom stereocenters. The summed E-state index contributed by atoms with van der Waals surface area (Å²) in [5.41, 5.74) is 0.734. The maximum atomic E-state index is 11.8. The Morgan fingerprint density at radius 3 is 2.33 bits per heavy atom. The molecule has 0 N–H and O–H groups in total. The number of benzene rings is 1. The van der Waals surface area contributed by atoms with Crippen molar-refractivity contribution in [1.82, 2.24) is 5.06 Å². The third-order valence-electron chi connectivity index (χ3n) is 2.45. The highest BCUT2D eigenvalue weighted by atomic mass is 32.2. The molecule has 5 nitrogen and oxygen atoms in total. The summed E-state index contributed by atoms with van der Waals surface area (Å²) < 4.78 is 5.14. The van der Waals surface area contributed by atoms with Crippen molar-refractivity contribution in [2.24, 2.45) is 0 Å². The van der Waals surface area contributed by atoms with Crippen LogP contribution in [0, 0.1) is 0 Å². The molecular weight excluding hydrogens is 254 g/mol. The summed E-state index contributed by atoms with van der Waals surface area (Å²) in [7, 11) is 0. The first kappa shape index (κ1) is 13.1. The maximum absolute atomic E-state index is 11.8. The Labute approximate surface area is 109 Å². The van der Waals surface area contributed by atoms with Crippen molar-refractivity contribution in [3.05, 3.63) is 35.4 Å². The molecule has 2 rings (SSSR count). The molecule has 0 atom stereocenters. The number of imide groups is 1. The molecule has 0 saturated carbocycles. The number of hydrogen-bond acceptors (Lipinski definition) is 5. The van der Waals surface area contributed by atoms with E-state index in [1.54, 1.807) is 36.0 Å². The summed E-state index contributed by atoms with van der Waals surface area (Å²) in [5, 5.41) is 0.754. The first-order valence-electron chi connectivity index (χ1n) is 5.43. The number of carbonyl (C=O) groups is 2. The lowest BCUT2D eigenvalue weighted by molar-refractivity contribution is -0.167. The van der Waals surface area contributed by atoms with Gasteiger partial charge in [0, 0.05) is 5.75 Å². The lowest BCUT2D eigenvalue weighted by Crippen LogP contribution is -2.31. The number of nitrogens with zero attached hydrogens (tertiary/aromatic N) is 1. The van der Waals surface area contributed by atoms with Crippen molar-refractivity contribution < 1.29 is 19.2 Å². The third-order valence-corrected chi connectivity index (χ3v) is 3.03. The van der Waals surface area contributed by atoms with Crippen LogP contribution in [-0.4, -0.2) is 42.3 Å². The van der Waals surface area contributed by atoms with Gasteiger partial charge in [0.25, 0.3) is 11.8 Å². The van der Waals surface area contributed by atoms with E-state index in [1.807, 2.05) is 6.26 Å². The molecule has 1 aliphatic heterocycles. The van der Waals surface area contributed by atoms with Gasteiger partial charge in [0.05, 0.1) is 17.7 Å². The molecule has 0 spiro atoms. The second kappa shape index (κ2) is 5.99. The number of ether oxygens (including phenoxy) is 1. The van der Waals surface area contributed by atoms with E-state index in [1.165, 1.54) is 0 Å². The van der Waals surface area contributed by atoms with Gasteiger partial charge in [-0.3, -0.25) is 9.59 Å². The molecule has 0 saturated heterocycles. The van der Waals surface area contributed by atoms with Gasteiger partial charge in [-0.1, -0.05) is 12.1 Å². The molecule has 0 fully saturated rings. The fourth-order valence-electron chi connectivity index (χ4n) is 1.58. The molecule has 0 bridgehead atoms. The fourth-order valence-corrected chi connectivity index (χ4v) is 1.86. The summed E-state index contributed by atoms with van der Waals surface area (Å²) in [6.07, 6.45) is 1.97. The highest BCUT2D eigenvalue weighted by Crippen LogP contribution is 2.22. The smallest absolute Gasteiger partial charge is 0.285 e. The average molecular weight is 267 g/mol. The predicted molar refractivity (Wildman–Crippen MR) is 67.2 cm³/mol. The lowest BCUT2D eigenvalue weighted by atomic mass is 10.1. The molecule has 1 heterocycles. The van der Waals surface area contributed by atoms with Crippen LogP contribution in [0.2, 0.25) is 0 Å². The lowest BCUT2D eigenvalue weighted by Gasteiger charge is -2.13. The van der Waals surface area contributed by atoms with Crippen LogP contribution in [0.15, 0.2) is 24.3 Å². The number of fused-ring (bicyclic) bond motifs is 1. The molecule has 0 radical (unpaired) electrons. The molecule has 1 aromatic rings. The largest absolute Gasteiger partial charge is 0.352 e. The van der Waals surface area contributed by atoms with E-state index in [0.29, 0.717) is 17.7 Å². The first-order chi connectivity index (χ1) is 8.75. The normalized spacial score (nSPS) is 14.2. The van der Waals surface area contributed by atoms with E-state index in [2.05, 4.69) is 0 Å². The standard InChI is InChI=1S/C12H13NO4S/c1-18-7-6-16-8-17-13-11(14)9-4-2-3-5-10(9)12(13)15/h2-5H,6-8H2,1H3. The van der Waals surface area contributed by atoms with Crippen LogP contribution in [0.4, 0.5) is 0 Å². The summed E-state index contributed by atoms with van der Waals surface area (Å²) in [5.74, 6) is -0.0426. The van der Waals surface area contributed by atoms with Gasteiger partial charge in [-0.25, -0.2) is 4.84 Å². The topological polar surface area (TPSA) is 55.8 Å². The summed E-state index contributed by atoms with van der Waals surface area (Å²) in [6.45, 7) is 0.413. The van der Waals surface area contributed by atoms with Gasteiger partial charge in [0.15, 0.2) is 6.79 Å². The van der Waals surface area contributed by atoms with Crippen molar-refractivity contribution in [3.8, 4) is 0 Å². The highest BCUT2D eigenvalue weighted by Gasteiger charge is 2.36. The Bertz CT molecular complexity index is 428. The van der Waals surface area contributed by atoms with Crippen LogP contribution in [-0.2, 0) is 9.57 Å². The van der Waals surface area contributed by atoms with E-state index < -0.39 is 11.8 Å². The van der Waals surface area contributed by atoms with Crippen molar-refractivity contribution >= 4 is 23.6 Å². The second-order valence-electron chi connectivity index (χ2n) is 3.60. The van der Waals surface area contributed by atoms with E-state index >= 15 is 0 Å². The second-order valence-corrected chi connectivity index (χ2v) is 4.58. The van der Waals surface area contributed by atoms with Crippen LogP contribution in [0.25, 0.3) is 0 Å². The maximum Gasteiger partial charge on any atom is 0.285 e. The number of hydroxylamine groups is 2. The van der Waals surface area contributed by atoms with Crippen LogP contribution in [0.5, 0.6) is 0 Å². The Kier molecular flexibility index (Phi) is 4.35. The molecule has 1 aliphatic rings. The zero-order valence-corrected chi connectivity index (χ0v) is 10.7. The van der Waals surface area contributed by atoms with Gasteiger partial charge >= 0.3 is 0 Å². The Hall–Kier alpha value is -1.37. The zero-order valence-electron chi connectivity index (χ0n) is 9.92. The third kappa shape index (κ3) is 2.55. The number of rotatable bonds is 6. The van der Waals surface area contributed by atoms with E-state index in [-0.39, 0.29) is 6.79 Å². The molecule has 6 heteroatoms. The van der Waals surface area contributed by atoms with Crippen LogP contribution in [0.1, 0.15) is 20.7 Å². The van der Waals surface area contributed by atoms with Crippen molar-refractivity contribution in [3.63, 3.8) is 0 Å². The van der Waals surface area contributed by atoms with E-state index in [4.69, 9.17) is 9.57 Å². The summed E-state index contributed by atoms with van der Waals surface area (Å²) in [4.78, 5) is 28.8. The Morgan fingerprint density at radius 2 is 1.78 bits per heavy atom. The number of carbonyl (C=O) groups excluding carboxylic acids is 2. The summed E-state index contributed by atoms with van der Waals surface area (Å²) >= 11 is 1.65. The average Bonchev–Trinajstić information content (AvgIpc) is 2.64. The van der Waals surface area contributed by atoms with Crippen molar-refractivity contribution in [2.45, 2.75) is 0 Å². The van der Waals surface area contributed by atoms with Gasteiger partial charge in [-0.2, -0.15) is 11.8 Å². The van der Waals surface area contributed by atoms with Crippen LogP contribution >= 0.6 is 11.8 Å². The van der Waals surface area contributed by atoms with Crippen molar-refractivity contribution in [2.75, 3.05) is 25.4 Å². The fraction of sp³-hybridized carbons (Fsp3) is 0.333. The number of amides is 2. The number of thioether (sulfide) groups is 1. The molecule has 18 heavy (non-hydrogen) atoms. The molecular formula is C12H13NO4S. The van der Waals surface area contributed by atoms with Crippen molar-refractivity contribution in [1.29, 1.82) is 0 Å². The number of hydrogen-bond donors (Lipinski definition) is 0. The predicted octanol–water partition coefficient (Wildman–Crippen LogP) is 1.55. The Morgan fingerprint density at radius 1 is 1.17 bits per heavy atom. The van der Waals surface area contributed by atoms with Gasteiger partial charge in [-0.15, -0.1) is 5.06 Å². The van der Waals surface area contributed by atoms with Crippen LogP contribution < -0.4 is 0 Å². The SMILES string of the molecule is CSCCOCON1C(=O)c2ccccc2C1=O.